The molecule has 6 nitrogen and oxygen atoms in total. The smallest absolute Gasteiger partial charge is 0.252 e. The van der Waals surface area contributed by atoms with E-state index >= 15 is 0 Å². The number of amides is 1. The van der Waals surface area contributed by atoms with Gasteiger partial charge < -0.3 is 10.6 Å². The van der Waals surface area contributed by atoms with Crippen LogP contribution in [-0.2, 0) is 10.0 Å². The Balaban J connectivity index is 2.13. The zero-order valence-electron chi connectivity index (χ0n) is 18.8. The van der Waals surface area contributed by atoms with Gasteiger partial charge in [0.25, 0.3) is 5.91 Å². The van der Waals surface area contributed by atoms with E-state index in [1.165, 1.54) is 22.5 Å². The first-order chi connectivity index (χ1) is 14.5. The second-order valence-electron chi connectivity index (χ2n) is 8.07. The van der Waals surface area contributed by atoms with Crippen molar-refractivity contribution in [3.63, 3.8) is 0 Å². The van der Waals surface area contributed by atoms with Gasteiger partial charge in [0, 0.05) is 31.2 Å². The average molecular weight is 466 g/mol. The topological polar surface area (TPSA) is 78.5 Å². The lowest BCUT2D eigenvalue weighted by atomic mass is 10.0. The van der Waals surface area contributed by atoms with Crippen molar-refractivity contribution in [3.05, 3.63) is 64.7 Å². The summed E-state index contributed by atoms with van der Waals surface area (Å²) in [6.45, 7) is 10.6. The van der Waals surface area contributed by atoms with Gasteiger partial charge in [0.05, 0.1) is 15.5 Å². The number of nitrogens with zero attached hydrogens (tertiary/aromatic N) is 1. The first-order valence-electron chi connectivity index (χ1n) is 10.4. The predicted octanol–water partition coefficient (Wildman–Crippen LogP) is 4.23. The Morgan fingerprint density at radius 2 is 1.71 bits per heavy atom. The molecule has 0 saturated carbocycles. The summed E-state index contributed by atoms with van der Waals surface area (Å²) < 4.78 is 26.9. The highest BCUT2D eigenvalue weighted by molar-refractivity contribution is 7.89. The number of rotatable bonds is 10. The van der Waals surface area contributed by atoms with Crippen molar-refractivity contribution in [2.75, 3.05) is 19.6 Å². The van der Waals surface area contributed by atoms with E-state index in [9.17, 15) is 13.2 Å². The number of hydrogen-bond donors (Lipinski definition) is 2. The second-order valence-corrected chi connectivity index (χ2v) is 10.4. The van der Waals surface area contributed by atoms with Gasteiger partial charge in [-0.05, 0) is 44.5 Å². The molecule has 0 aliphatic heterocycles. The Labute approximate surface area is 191 Å². The van der Waals surface area contributed by atoms with E-state index in [1.807, 2.05) is 44.2 Å². The highest BCUT2D eigenvalue weighted by atomic mass is 35.5. The number of hydrogen-bond acceptors (Lipinski definition) is 4. The highest BCUT2D eigenvalue weighted by Crippen LogP contribution is 2.23. The molecule has 1 amide bonds. The Morgan fingerprint density at radius 1 is 1.10 bits per heavy atom. The molecule has 8 heteroatoms. The van der Waals surface area contributed by atoms with Crippen LogP contribution in [0.1, 0.15) is 56.6 Å². The lowest BCUT2D eigenvalue weighted by molar-refractivity contribution is 0.0941. The van der Waals surface area contributed by atoms with Crippen LogP contribution in [0.15, 0.2) is 53.4 Å². The summed E-state index contributed by atoms with van der Waals surface area (Å²) in [4.78, 5) is 12.9. The summed E-state index contributed by atoms with van der Waals surface area (Å²) in [6, 6.07) is 14.4. The minimum absolute atomic E-state index is 0.0563. The molecule has 31 heavy (non-hydrogen) atoms. The number of nitrogens with one attached hydrogen (secondary N) is 2. The van der Waals surface area contributed by atoms with Crippen LogP contribution in [0.5, 0.6) is 0 Å². The molecule has 0 heterocycles. The molecule has 0 fully saturated rings. The second kappa shape index (κ2) is 10.6. The maximum absolute atomic E-state index is 12.8. The minimum Gasteiger partial charge on any atom is -0.350 e. The van der Waals surface area contributed by atoms with E-state index < -0.39 is 21.5 Å². The van der Waals surface area contributed by atoms with E-state index in [1.54, 1.807) is 13.8 Å². The van der Waals surface area contributed by atoms with Crippen molar-refractivity contribution < 1.29 is 13.2 Å². The van der Waals surface area contributed by atoms with Gasteiger partial charge in [-0.15, -0.1) is 0 Å². The fourth-order valence-electron chi connectivity index (χ4n) is 3.41. The van der Waals surface area contributed by atoms with E-state index in [4.69, 9.17) is 11.6 Å². The van der Waals surface area contributed by atoms with Crippen molar-refractivity contribution in [1.82, 2.24) is 14.9 Å². The molecule has 2 aromatic carbocycles. The van der Waals surface area contributed by atoms with Gasteiger partial charge in [-0.3, -0.25) is 4.79 Å². The van der Waals surface area contributed by atoms with Gasteiger partial charge in [0.1, 0.15) is 0 Å². The molecule has 2 N–H and O–H groups in total. The van der Waals surface area contributed by atoms with E-state index in [0.29, 0.717) is 19.6 Å². The minimum atomic E-state index is -3.68. The number of sulfonamides is 1. The van der Waals surface area contributed by atoms with E-state index in [0.717, 1.165) is 5.56 Å². The largest absolute Gasteiger partial charge is 0.350 e. The molecule has 0 bridgehead atoms. The summed E-state index contributed by atoms with van der Waals surface area (Å²) in [5.41, 5.74) is 0.892. The molecule has 0 aliphatic carbocycles. The van der Waals surface area contributed by atoms with Crippen LogP contribution < -0.4 is 10.6 Å². The lowest BCUT2D eigenvalue weighted by Crippen LogP contribution is -2.49. The Kier molecular flexibility index (Phi) is 8.65. The van der Waals surface area contributed by atoms with Crippen LogP contribution in [0, 0.1) is 0 Å². The predicted molar refractivity (Wildman–Crippen MR) is 126 cm³/mol. The number of halogens is 1. The molecular weight excluding hydrogens is 434 g/mol. The van der Waals surface area contributed by atoms with Crippen LogP contribution in [0.25, 0.3) is 0 Å². The molecular formula is C23H32ClN3O3S. The van der Waals surface area contributed by atoms with Crippen LogP contribution >= 0.6 is 11.6 Å². The van der Waals surface area contributed by atoms with Crippen molar-refractivity contribution >= 4 is 27.5 Å². The number of carbonyl (C=O) groups excluding carboxylic acids is 1. The molecule has 0 aromatic heterocycles. The third-order valence-corrected chi connectivity index (χ3v) is 7.50. The Morgan fingerprint density at radius 3 is 2.29 bits per heavy atom. The summed E-state index contributed by atoms with van der Waals surface area (Å²) in [7, 11) is -3.68. The summed E-state index contributed by atoms with van der Waals surface area (Å²) >= 11 is 6.22. The monoisotopic (exact) mass is 465 g/mol. The fourth-order valence-corrected chi connectivity index (χ4v) is 5.10. The summed E-state index contributed by atoms with van der Waals surface area (Å²) in [5, 5.41) is 6.60. The van der Waals surface area contributed by atoms with Gasteiger partial charge in [0.2, 0.25) is 10.0 Å². The summed E-state index contributed by atoms with van der Waals surface area (Å²) in [5.74, 6) is -0.413. The molecule has 0 spiro atoms. The van der Waals surface area contributed by atoms with Crippen LogP contribution in [0.3, 0.4) is 0 Å². The maximum Gasteiger partial charge on any atom is 0.252 e. The molecule has 2 rings (SSSR count). The number of benzene rings is 2. The normalized spacial score (nSPS) is 13.3. The molecule has 0 saturated heterocycles. The van der Waals surface area contributed by atoms with Crippen LogP contribution in [-0.4, -0.2) is 43.8 Å². The Hall–Kier alpha value is -1.93. The first kappa shape index (κ1) is 25.3. The zero-order chi connectivity index (χ0) is 23.2. The standard InChI is InChI=1S/C23H32ClN3O3S/c1-6-27(7-2)31(29,30)19-13-14-21(24)20(15-19)22(28)25-16-23(4,5)26-17(3)18-11-9-8-10-12-18/h8-15,17,26H,6-7,16H2,1-5H3,(H,25,28). The van der Waals surface area contributed by atoms with Crippen molar-refractivity contribution in [3.8, 4) is 0 Å². The molecule has 0 aliphatic rings. The molecule has 0 radical (unpaired) electrons. The lowest BCUT2D eigenvalue weighted by Gasteiger charge is -2.31. The highest BCUT2D eigenvalue weighted by Gasteiger charge is 2.25. The molecule has 1 atom stereocenters. The van der Waals surface area contributed by atoms with Crippen LogP contribution in [0.2, 0.25) is 5.02 Å². The van der Waals surface area contributed by atoms with Crippen LogP contribution in [0.4, 0.5) is 0 Å². The summed E-state index contributed by atoms with van der Waals surface area (Å²) in [6.07, 6.45) is 0. The molecule has 1 unspecified atom stereocenters. The Bertz CT molecular complexity index is 990. The third kappa shape index (κ3) is 6.53. The third-order valence-electron chi connectivity index (χ3n) is 5.12. The molecule has 2 aromatic rings. The van der Waals surface area contributed by atoms with Gasteiger partial charge in [-0.2, -0.15) is 4.31 Å². The number of carbonyl (C=O) groups is 1. The van der Waals surface area contributed by atoms with Gasteiger partial charge in [-0.25, -0.2) is 8.42 Å². The fraction of sp³-hybridized carbons (Fsp3) is 0.435. The van der Waals surface area contributed by atoms with Crippen molar-refractivity contribution in [2.24, 2.45) is 0 Å². The van der Waals surface area contributed by atoms with Gasteiger partial charge in [0.15, 0.2) is 0 Å². The SMILES string of the molecule is CCN(CC)S(=O)(=O)c1ccc(Cl)c(C(=O)NCC(C)(C)NC(C)c2ccccc2)c1. The molecule has 170 valence electrons. The van der Waals surface area contributed by atoms with Gasteiger partial charge >= 0.3 is 0 Å². The van der Waals surface area contributed by atoms with Gasteiger partial charge in [-0.1, -0.05) is 55.8 Å². The maximum atomic E-state index is 12.8. The first-order valence-corrected chi connectivity index (χ1v) is 12.2. The quantitative estimate of drug-likeness (QED) is 0.550. The van der Waals surface area contributed by atoms with E-state index in [2.05, 4.69) is 17.6 Å². The van der Waals surface area contributed by atoms with E-state index in [-0.39, 0.29) is 21.5 Å². The zero-order valence-corrected chi connectivity index (χ0v) is 20.3. The average Bonchev–Trinajstić information content (AvgIpc) is 2.73. The van der Waals surface area contributed by atoms with Crippen molar-refractivity contribution in [2.45, 2.75) is 51.1 Å². The van der Waals surface area contributed by atoms with Crippen molar-refractivity contribution in [1.29, 1.82) is 0 Å².